The van der Waals surface area contributed by atoms with Crippen molar-refractivity contribution in [3.63, 3.8) is 0 Å². The number of hydrogen-bond acceptors (Lipinski definition) is 5. The number of hydrogen-bond donors (Lipinski definition) is 1. The number of ether oxygens (including phenoxy) is 1. The van der Waals surface area contributed by atoms with Crippen molar-refractivity contribution in [1.82, 2.24) is 4.57 Å². The summed E-state index contributed by atoms with van der Waals surface area (Å²) in [6.45, 7) is 0.352. The highest BCUT2D eigenvalue weighted by Crippen LogP contribution is 2.35. The van der Waals surface area contributed by atoms with Crippen LogP contribution >= 0.6 is 11.3 Å². The molecule has 0 saturated carbocycles. The lowest BCUT2D eigenvalue weighted by Gasteiger charge is -2.11. The van der Waals surface area contributed by atoms with E-state index in [1.54, 1.807) is 0 Å². The second-order valence-electron chi connectivity index (χ2n) is 4.55. The molecule has 3 rings (SSSR count). The fraction of sp³-hybridized carbons (Fsp3) is 0.364. The minimum Gasteiger partial charge on any atom is -0.406 e. The zero-order valence-electron chi connectivity index (χ0n) is 10.4. The average Bonchev–Trinajstić information content (AvgIpc) is 2.54. The predicted octanol–water partition coefficient (Wildman–Crippen LogP) is 2.26. The van der Waals surface area contributed by atoms with Gasteiger partial charge in [-0.05, 0) is 6.42 Å². The third-order valence-corrected chi connectivity index (χ3v) is 5.85. The highest BCUT2D eigenvalue weighted by atomic mass is 32.2. The number of alkyl halides is 3. The van der Waals surface area contributed by atoms with Crippen LogP contribution in [-0.4, -0.2) is 25.1 Å². The topological polar surface area (TPSA) is 72.2 Å². The van der Waals surface area contributed by atoms with E-state index in [1.165, 1.54) is 4.57 Å². The summed E-state index contributed by atoms with van der Waals surface area (Å²) in [4.78, 5) is -0.0981. The molecule has 0 unspecified atom stereocenters. The number of nitrogens with one attached hydrogen (secondary N) is 1. The molecule has 0 fully saturated rings. The number of aromatic nitrogens is 1. The Morgan fingerprint density at radius 1 is 1.33 bits per heavy atom. The molecule has 21 heavy (non-hydrogen) atoms. The van der Waals surface area contributed by atoms with Gasteiger partial charge in [0.1, 0.15) is 5.75 Å². The van der Waals surface area contributed by atoms with Crippen molar-refractivity contribution in [2.75, 3.05) is 5.75 Å². The van der Waals surface area contributed by atoms with Crippen LogP contribution in [0.25, 0.3) is 10.2 Å². The molecule has 5 nitrogen and oxygen atoms in total. The van der Waals surface area contributed by atoms with Crippen LogP contribution in [0.3, 0.4) is 0 Å². The maximum atomic E-state index is 12.3. The fourth-order valence-corrected chi connectivity index (χ4v) is 4.93. The minimum absolute atomic E-state index is 0.104. The standard InChI is InChI=1S/C11H9F3N2O3S2/c12-11(13,14)19-6-4-7-9-8(5-6)21(17,18)3-1-2-16(9)10(15)20-7/h4-5,15H,1-3H2. The molecule has 0 spiro atoms. The van der Waals surface area contributed by atoms with Crippen molar-refractivity contribution in [3.8, 4) is 5.75 Å². The molecule has 1 aliphatic rings. The first-order chi connectivity index (χ1) is 9.67. The molecular formula is C11H9F3N2O3S2. The van der Waals surface area contributed by atoms with E-state index in [0.717, 1.165) is 23.5 Å². The second-order valence-corrected chi connectivity index (χ2v) is 7.66. The van der Waals surface area contributed by atoms with Crippen LogP contribution in [0.2, 0.25) is 0 Å². The summed E-state index contributed by atoms with van der Waals surface area (Å²) in [7, 11) is -3.69. The maximum absolute atomic E-state index is 12.3. The van der Waals surface area contributed by atoms with Gasteiger partial charge < -0.3 is 9.30 Å². The summed E-state index contributed by atoms with van der Waals surface area (Å²) in [5, 5.41) is 7.83. The van der Waals surface area contributed by atoms with Crippen LogP contribution in [0.4, 0.5) is 13.2 Å². The molecule has 2 heterocycles. The van der Waals surface area contributed by atoms with Gasteiger partial charge in [0.15, 0.2) is 14.6 Å². The molecule has 0 bridgehead atoms. The lowest BCUT2D eigenvalue weighted by molar-refractivity contribution is -0.274. The first kappa shape index (κ1) is 14.4. The molecule has 10 heteroatoms. The van der Waals surface area contributed by atoms with Crippen molar-refractivity contribution in [3.05, 3.63) is 16.9 Å². The highest BCUT2D eigenvalue weighted by Gasteiger charge is 2.33. The molecule has 1 aromatic carbocycles. The first-order valence-corrected chi connectivity index (χ1v) is 8.35. The van der Waals surface area contributed by atoms with Gasteiger partial charge >= 0.3 is 6.36 Å². The van der Waals surface area contributed by atoms with E-state index in [0.29, 0.717) is 17.7 Å². The number of rotatable bonds is 1. The van der Waals surface area contributed by atoms with Crippen molar-refractivity contribution in [2.45, 2.75) is 24.2 Å². The van der Waals surface area contributed by atoms with Gasteiger partial charge in [0.2, 0.25) is 0 Å². The summed E-state index contributed by atoms with van der Waals surface area (Å²) in [6.07, 6.45) is -4.58. The Morgan fingerprint density at radius 3 is 2.71 bits per heavy atom. The van der Waals surface area contributed by atoms with Gasteiger partial charge in [-0.25, -0.2) is 8.42 Å². The predicted molar refractivity (Wildman–Crippen MR) is 69.0 cm³/mol. The Kier molecular flexibility index (Phi) is 3.06. The van der Waals surface area contributed by atoms with E-state index in [2.05, 4.69) is 4.74 Å². The van der Waals surface area contributed by atoms with Gasteiger partial charge in [-0.15, -0.1) is 13.2 Å². The van der Waals surface area contributed by atoms with Crippen LogP contribution in [0.1, 0.15) is 6.42 Å². The summed E-state index contributed by atoms with van der Waals surface area (Å²) in [5.74, 6) is -0.743. The largest absolute Gasteiger partial charge is 0.573 e. The lowest BCUT2D eigenvalue weighted by atomic mass is 10.3. The molecule has 114 valence electrons. The zero-order valence-corrected chi connectivity index (χ0v) is 12.0. The van der Waals surface area contributed by atoms with Crippen LogP contribution in [0, 0.1) is 5.41 Å². The van der Waals surface area contributed by atoms with Crippen LogP contribution in [0.15, 0.2) is 17.0 Å². The third kappa shape index (κ3) is 2.53. The Morgan fingerprint density at radius 2 is 2.05 bits per heavy atom. The third-order valence-electron chi connectivity index (χ3n) is 3.10. The summed E-state index contributed by atoms with van der Waals surface area (Å²) in [6, 6.07) is 2.01. The fourth-order valence-electron chi connectivity index (χ4n) is 2.33. The molecular weight excluding hydrogens is 329 g/mol. The average molecular weight is 338 g/mol. The van der Waals surface area contributed by atoms with Crippen molar-refractivity contribution < 1.29 is 26.3 Å². The molecule has 0 amide bonds. The van der Waals surface area contributed by atoms with Crippen molar-refractivity contribution >= 4 is 31.4 Å². The first-order valence-electron chi connectivity index (χ1n) is 5.88. The van der Waals surface area contributed by atoms with E-state index >= 15 is 0 Å². The van der Waals surface area contributed by atoms with Crippen LogP contribution < -0.4 is 9.54 Å². The minimum atomic E-state index is -4.90. The Hall–Kier alpha value is -1.55. The summed E-state index contributed by atoms with van der Waals surface area (Å²) >= 11 is 0.926. The zero-order chi connectivity index (χ0) is 15.4. The van der Waals surface area contributed by atoms with Crippen molar-refractivity contribution in [2.24, 2.45) is 0 Å². The lowest BCUT2D eigenvalue weighted by Crippen LogP contribution is -2.17. The number of thiazole rings is 1. The van der Waals surface area contributed by atoms with E-state index in [4.69, 9.17) is 5.41 Å². The quantitative estimate of drug-likeness (QED) is 0.867. The van der Waals surface area contributed by atoms with E-state index in [9.17, 15) is 21.6 Å². The molecule has 2 aromatic rings. The smallest absolute Gasteiger partial charge is 0.406 e. The monoisotopic (exact) mass is 338 g/mol. The SMILES string of the molecule is N=c1sc2cc(OC(F)(F)F)cc3c2n1CCCS3(=O)=O. The van der Waals surface area contributed by atoms with Gasteiger partial charge in [0.05, 0.1) is 20.9 Å². The van der Waals surface area contributed by atoms with E-state index in [1.807, 2.05) is 0 Å². The second kappa shape index (κ2) is 4.47. The molecule has 1 N–H and O–H groups in total. The van der Waals surface area contributed by atoms with Gasteiger partial charge in [0.25, 0.3) is 0 Å². The van der Waals surface area contributed by atoms with E-state index in [-0.39, 0.29) is 21.0 Å². The van der Waals surface area contributed by atoms with E-state index < -0.39 is 21.9 Å². The molecule has 1 aliphatic heterocycles. The molecule has 0 aliphatic carbocycles. The number of halogens is 3. The number of benzene rings is 1. The number of aryl methyl sites for hydroxylation is 1. The van der Waals surface area contributed by atoms with Crippen molar-refractivity contribution in [1.29, 1.82) is 5.41 Å². The van der Waals surface area contributed by atoms with Gasteiger partial charge in [-0.1, -0.05) is 11.3 Å². The molecule has 0 saturated heterocycles. The van der Waals surface area contributed by atoms with Gasteiger partial charge in [0, 0.05) is 18.7 Å². The van der Waals surface area contributed by atoms with Gasteiger partial charge in [-0.3, -0.25) is 5.41 Å². The Bertz CT molecular complexity index is 880. The summed E-state index contributed by atoms with van der Waals surface area (Å²) in [5.41, 5.74) is 0.289. The normalized spacial score (nSPS) is 17.7. The molecule has 0 atom stereocenters. The molecule has 1 aromatic heterocycles. The van der Waals surface area contributed by atoms with Gasteiger partial charge in [-0.2, -0.15) is 0 Å². The Labute approximate surface area is 121 Å². The van der Waals surface area contributed by atoms with Crippen LogP contribution in [0.5, 0.6) is 5.75 Å². The summed E-state index contributed by atoms with van der Waals surface area (Å²) < 4.78 is 67.0. The number of nitrogens with zero attached hydrogens (tertiary/aromatic N) is 1. The maximum Gasteiger partial charge on any atom is 0.573 e. The number of sulfone groups is 1. The van der Waals surface area contributed by atoms with Crippen LogP contribution in [-0.2, 0) is 16.4 Å². The Balaban J connectivity index is 2.34. The highest BCUT2D eigenvalue weighted by molar-refractivity contribution is 7.91. The molecule has 0 radical (unpaired) electrons.